The van der Waals surface area contributed by atoms with Crippen molar-refractivity contribution < 1.29 is 0 Å². The summed E-state index contributed by atoms with van der Waals surface area (Å²) < 4.78 is 0. The second-order valence-corrected chi connectivity index (χ2v) is 4.10. The average Bonchev–Trinajstić information content (AvgIpc) is 2.14. The standard InChI is InChI=1S/C13H26/c1-4-6-8-9-10-12-13(3)11-7-5-2/h9-10,13H,4-8,11-12H2,1-3H3. The van der Waals surface area contributed by atoms with Gasteiger partial charge in [0.25, 0.3) is 0 Å². The molecule has 0 saturated carbocycles. The fourth-order valence-electron chi connectivity index (χ4n) is 1.44. The zero-order chi connectivity index (χ0) is 9.94. The fourth-order valence-corrected chi connectivity index (χ4v) is 1.44. The first-order valence-electron chi connectivity index (χ1n) is 5.96. The van der Waals surface area contributed by atoms with E-state index in [0.717, 1.165) is 5.92 Å². The van der Waals surface area contributed by atoms with Gasteiger partial charge >= 0.3 is 0 Å². The molecule has 13 heavy (non-hydrogen) atoms. The predicted molar refractivity (Wildman–Crippen MR) is 62.0 cm³/mol. The van der Waals surface area contributed by atoms with Crippen LogP contribution in [-0.4, -0.2) is 0 Å². The molecule has 0 rings (SSSR count). The van der Waals surface area contributed by atoms with E-state index in [4.69, 9.17) is 0 Å². The zero-order valence-corrected chi connectivity index (χ0v) is 9.68. The molecule has 0 heteroatoms. The topological polar surface area (TPSA) is 0 Å². The van der Waals surface area contributed by atoms with Crippen LogP contribution in [0.2, 0.25) is 0 Å². The molecule has 0 aromatic carbocycles. The van der Waals surface area contributed by atoms with Crippen LogP contribution >= 0.6 is 0 Å². The largest absolute Gasteiger partial charge is 0.0885 e. The van der Waals surface area contributed by atoms with E-state index in [0.29, 0.717) is 0 Å². The predicted octanol–water partition coefficient (Wildman–Crippen LogP) is 4.95. The van der Waals surface area contributed by atoms with Crippen molar-refractivity contribution in [3.05, 3.63) is 12.2 Å². The van der Waals surface area contributed by atoms with E-state index in [1.165, 1.54) is 44.9 Å². The molecule has 0 aromatic heterocycles. The van der Waals surface area contributed by atoms with Crippen molar-refractivity contribution in [1.82, 2.24) is 0 Å². The van der Waals surface area contributed by atoms with Crippen LogP contribution < -0.4 is 0 Å². The summed E-state index contributed by atoms with van der Waals surface area (Å²) in [7, 11) is 0. The smallest absolute Gasteiger partial charge is 0.0325 e. The average molecular weight is 182 g/mol. The maximum Gasteiger partial charge on any atom is -0.0325 e. The van der Waals surface area contributed by atoms with E-state index >= 15 is 0 Å². The van der Waals surface area contributed by atoms with E-state index < -0.39 is 0 Å². The minimum atomic E-state index is 0.887. The number of allylic oxidation sites excluding steroid dienone is 2. The van der Waals surface area contributed by atoms with Crippen LogP contribution in [-0.2, 0) is 0 Å². The summed E-state index contributed by atoms with van der Waals surface area (Å²) in [6, 6.07) is 0. The van der Waals surface area contributed by atoms with Crippen molar-refractivity contribution in [2.45, 2.75) is 65.7 Å². The Morgan fingerprint density at radius 2 is 1.69 bits per heavy atom. The van der Waals surface area contributed by atoms with E-state index in [-0.39, 0.29) is 0 Å². The van der Waals surface area contributed by atoms with E-state index in [1.54, 1.807) is 0 Å². The summed E-state index contributed by atoms with van der Waals surface area (Å²) in [5, 5.41) is 0. The van der Waals surface area contributed by atoms with Crippen LogP contribution in [0.5, 0.6) is 0 Å². The third-order valence-corrected chi connectivity index (χ3v) is 2.48. The van der Waals surface area contributed by atoms with Gasteiger partial charge in [0.2, 0.25) is 0 Å². The quantitative estimate of drug-likeness (QED) is 0.368. The minimum absolute atomic E-state index is 0.887. The monoisotopic (exact) mass is 182 g/mol. The van der Waals surface area contributed by atoms with Gasteiger partial charge in [-0.25, -0.2) is 0 Å². The van der Waals surface area contributed by atoms with Crippen LogP contribution in [0.3, 0.4) is 0 Å². The summed E-state index contributed by atoms with van der Waals surface area (Å²) in [6.07, 6.45) is 14.1. The first-order valence-corrected chi connectivity index (χ1v) is 5.96. The maximum absolute atomic E-state index is 2.37. The molecule has 0 aromatic rings. The molecule has 0 spiro atoms. The lowest BCUT2D eigenvalue weighted by atomic mass is 10.0. The van der Waals surface area contributed by atoms with Gasteiger partial charge in [0.1, 0.15) is 0 Å². The molecule has 78 valence electrons. The molecular formula is C13H26. The molecule has 0 fully saturated rings. The van der Waals surface area contributed by atoms with Gasteiger partial charge in [0.05, 0.1) is 0 Å². The van der Waals surface area contributed by atoms with Crippen LogP contribution in [0.1, 0.15) is 65.7 Å². The van der Waals surface area contributed by atoms with Crippen molar-refractivity contribution in [2.24, 2.45) is 5.92 Å². The molecule has 1 unspecified atom stereocenters. The second kappa shape index (κ2) is 9.83. The van der Waals surface area contributed by atoms with Crippen molar-refractivity contribution in [1.29, 1.82) is 0 Å². The van der Waals surface area contributed by atoms with Gasteiger partial charge in [-0.1, -0.05) is 65.0 Å². The highest BCUT2D eigenvalue weighted by Gasteiger charge is 1.97. The molecule has 0 amide bonds. The Balaban J connectivity index is 3.23. The lowest BCUT2D eigenvalue weighted by Gasteiger charge is -2.06. The van der Waals surface area contributed by atoms with Crippen molar-refractivity contribution in [2.75, 3.05) is 0 Å². The molecule has 0 aliphatic rings. The van der Waals surface area contributed by atoms with Gasteiger partial charge < -0.3 is 0 Å². The Labute approximate surface area is 84.4 Å². The summed E-state index contributed by atoms with van der Waals surface area (Å²) in [5.74, 6) is 0.887. The summed E-state index contributed by atoms with van der Waals surface area (Å²) in [5.41, 5.74) is 0. The number of hydrogen-bond donors (Lipinski definition) is 0. The van der Waals surface area contributed by atoms with Crippen molar-refractivity contribution >= 4 is 0 Å². The summed E-state index contributed by atoms with van der Waals surface area (Å²) in [4.78, 5) is 0. The first-order chi connectivity index (χ1) is 6.31. The summed E-state index contributed by atoms with van der Waals surface area (Å²) >= 11 is 0. The Morgan fingerprint density at radius 3 is 2.31 bits per heavy atom. The van der Waals surface area contributed by atoms with Gasteiger partial charge in [-0.15, -0.1) is 0 Å². The van der Waals surface area contributed by atoms with E-state index in [9.17, 15) is 0 Å². The van der Waals surface area contributed by atoms with E-state index in [1.807, 2.05) is 0 Å². The van der Waals surface area contributed by atoms with Gasteiger partial charge in [-0.05, 0) is 18.8 Å². The number of hydrogen-bond acceptors (Lipinski definition) is 0. The molecular weight excluding hydrogens is 156 g/mol. The molecule has 1 atom stereocenters. The minimum Gasteiger partial charge on any atom is -0.0885 e. The fraction of sp³-hybridized carbons (Fsp3) is 0.846. The van der Waals surface area contributed by atoms with Crippen LogP contribution in [0.25, 0.3) is 0 Å². The van der Waals surface area contributed by atoms with Crippen LogP contribution in [0, 0.1) is 5.92 Å². The SMILES string of the molecule is CCCCC=CCC(C)CCCC. The highest BCUT2D eigenvalue weighted by atomic mass is 14.0. The number of unbranched alkanes of at least 4 members (excludes halogenated alkanes) is 3. The summed E-state index contributed by atoms with van der Waals surface area (Å²) in [6.45, 7) is 6.88. The lowest BCUT2D eigenvalue weighted by molar-refractivity contribution is 0.511. The third kappa shape index (κ3) is 9.66. The first kappa shape index (κ1) is 12.7. The molecule has 0 saturated heterocycles. The molecule has 0 radical (unpaired) electrons. The lowest BCUT2D eigenvalue weighted by Crippen LogP contribution is -1.91. The highest BCUT2D eigenvalue weighted by molar-refractivity contribution is 4.82. The Morgan fingerprint density at radius 1 is 1.00 bits per heavy atom. The Bertz CT molecular complexity index is 113. The molecule has 0 bridgehead atoms. The van der Waals surface area contributed by atoms with Gasteiger partial charge in [-0.2, -0.15) is 0 Å². The van der Waals surface area contributed by atoms with E-state index in [2.05, 4.69) is 32.9 Å². The number of rotatable bonds is 8. The normalized spacial score (nSPS) is 13.8. The zero-order valence-electron chi connectivity index (χ0n) is 9.68. The highest BCUT2D eigenvalue weighted by Crippen LogP contribution is 2.12. The third-order valence-electron chi connectivity index (χ3n) is 2.48. The van der Waals surface area contributed by atoms with Gasteiger partial charge in [0, 0.05) is 0 Å². The molecule has 0 N–H and O–H groups in total. The Hall–Kier alpha value is -0.260. The van der Waals surface area contributed by atoms with Crippen molar-refractivity contribution in [3.63, 3.8) is 0 Å². The maximum atomic E-state index is 2.37. The molecule has 0 heterocycles. The van der Waals surface area contributed by atoms with Gasteiger partial charge in [-0.3, -0.25) is 0 Å². The molecule has 0 nitrogen and oxygen atoms in total. The molecule has 0 aliphatic carbocycles. The Kier molecular flexibility index (Phi) is 9.63. The van der Waals surface area contributed by atoms with Gasteiger partial charge in [0.15, 0.2) is 0 Å². The van der Waals surface area contributed by atoms with Crippen molar-refractivity contribution in [3.8, 4) is 0 Å². The van der Waals surface area contributed by atoms with Crippen LogP contribution in [0.15, 0.2) is 12.2 Å². The van der Waals surface area contributed by atoms with Crippen LogP contribution in [0.4, 0.5) is 0 Å². The molecule has 0 aliphatic heterocycles. The second-order valence-electron chi connectivity index (χ2n) is 4.10.